The fourth-order valence-electron chi connectivity index (χ4n) is 2.12. The maximum Gasteiger partial charge on any atom is 0.256 e. The highest BCUT2D eigenvalue weighted by molar-refractivity contribution is 9.10. The highest BCUT2D eigenvalue weighted by atomic mass is 79.9. The van der Waals surface area contributed by atoms with Crippen LogP contribution < -0.4 is 10.6 Å². The number of rotatable bonds is 4. The molecule has 0 spiro atoms. The van der Waals surface area contributed by atoms with Gasteiger partial charge >= 0.3 is 0 Å². The second-order valence-corrected chi connectivity index (χ2v) is 6.08. The first kappa shape index (κ1) is 14.8. The molecule has 0 aromatic heterocycles. The van der Waals surface area contributed by atoms with Gasteiger partial charge in [-0.2, -0.15) is 0 Å². The predicted octanol–water partition coefficient (Wildman–Crippen LogP) is 3.59. The third kappa shape index (κ3) is 3.36. The van der Waals surface area contributed by atoms with Gasteiger partial charge in [-0.3, -0.25) is 9.59 Å². The highest BCUT2D eigenvalue weighted by Crippen LogP contribution is 2.23. The first-order chi connectivity index (χ1) is 10.6. The summed E-state index contributed by atoms with van der Waals surface area (Å²) < 4.78 is 0.715. The van der Waals surface area contributed by atoms with E-state index < -0.39 is 0 Å². The summed E-state index contributed by atoms with van der Waals surface area (Å²) >= 11 is 3.36. The van der Waals surface area contributed by atoms with Gasteiger partial charge in [0.15, 0.2) is 0 Å². The van der Waals surface area contributed by atoms with Crippen molar-refractivity contribution in [2.24, 2.45) is 0 Å². The van der Waals surface area contributed by atoms with E-state index in [2.05, 4.69) is 26.6 Å². The summed E-state index contributed by atoms with van der Waals surface area (Å²) in [4.78, 5) is 24.6. The number of halogens is 1. The lowest BCUT2D eigenvalue weighted by Gasteiger charge is -2.11. The third-order valence-corrected chi connectivity index (χ3v) is 4.14. The molecule has 2 aromatic carbocycles. The monoisotopic (exact) mass is 358 g/mol. The second-order valence-electron chi connectivity index (χ2n) is 5.23. The van der Waals surface area contributed by atoms with E-state index in [1.165, 1.54) is 0 Å². The first-order valence-corrected chi connectivity index (χ1v) is 7.90. The van der Waals surface area contributed by atoms with Gasteiger partial charge in [-0.05, 0) is 53.0 Å². The number of nitrogens with one attached hydrogen (secondary N) is 2. The maximum absolute atomic E-state index is 12.4. The van der Waals surface area contributed by atoms with E-state index in [4.69, 9.17) is 0 Å². The molecule has 1 aliphatic rings. The van der Waals surface area contributed by atoms with Crippen LogP contribution in [0.15, 0.2) is 53.0 Å². The molecular weight excluding hydrogens is 344 g/mol. The van der Waals surface area contributed by atoms with Crippen molar-refractivity contribution in [3.8, 4) is 0 Å². The molecule has 2 N–H and O–H groups in total. The van der Waals surface area contributed by atoms with Crippen LogP contribution in [0.5, 0.6) is 0 Å². The van der Waals surface area contributed by atoms with Crippen LogP contribution in [0, 0.1) is 0 Å². The highest BCUT2D eigenvalue weighted by Gasteiger charge is 2.25. The van der Waals surface area contributed by atoms with Crippen LogP contribution in [-0.4, -0.2) is 17.9 Å². The molecule has 1 aliphatic carbocycles. The summed E-state index contributed by atoms with van der Waals surface area (Å²) in [6.07, 6.45) is 2.05. The van der Waals surface area contributed by atoms with E-state index in [-0.39, 0.29) is 17.9 Å². The van der Waals surface area contributed by atoms with Gasteiger partial charge in [-0.25, -0.2) is 0 Å². The maximum atomic E-state index is 12.4. The van der Waals surface area contributed by atoms with Gasteiger partial charge in [0.1, 0.15) is 0 Å². The Morgan fingerprint density at radius 2 is 1.55 bits per heavy atom. The number of hydrogen-bond acceptors (Lipinski definition) is 2. The van der Waals surface area contributed by atoms with Crippen molar-refractivity contribution in [3.63, 3.8) is 0 Å². The lowest BCUT2D eigenvalue weighted by atomic mass is 10.1. The van der Waals surface area contributed by atoms with Crippen LogP contribution >= 0.6 is 15.9 Å². The summed E-state index contributed by atoms with van der Waals surface area (Å²) in [6.45, 7) is 0. The first-order valence-electron chi connectivity index (χ1n) is 7.11. The zero-order valence-corrected chi connectivity index (χ0v) is 13.4. The molecule has 0 radical (unpaired) electrons. The Hall–Kier alpha value is -2.14. The quantitative estimate of drug-likeness (QED) is 0.877. The van der Waals surface area contributed by atoms with Crippen molar-refractivity contribution in [1.82, 2.24) is 5.32 Å². The molecule has 0 saturated heterocycles. The van der Waals surface area contributed by atoms with Crippen LogP contribution in [0.4, 0.5) is 5.69 Å². The van der Waals surface area contributed by atoms with Gasteiger partial charge in [0.2, 0.25) is 0 Å². The second kappa shape index (κ2) is 6.32. The van der Waals surface area contributed by atoms with Gasteiger partial charge in [-0.15, -0.1) is 0 Å². The lowest BCUT2D eigenvalue weighted by molar-refractivity contribution is 0.0952. The zero-order chi connectivity index (χ0) is 15.5. The number of anilines is 1. The van der Waals surface area contributed by atoms with Gasteiger partial charge < -0.3 is 10.6 Å². The van der Waals surface area contributed by atoms with Crippen LogP contribution in [0.1, 0.15) is 33.6 Å². The predicted molar refractivity (Wildman–Crippen MR) is 89.0 cm³/mol. The van der Waals surface area contributed by atoms with E-state index in [1.807, 2.05) is 6.07 Å². The summed E-state index contributed by atoms with van der Waals surface area (Å²) in [5.74, 6) is -0.398. The molecule has 0 bridgehead atoms. The molecule has 1 fully saturated rings. The van der Waals surface area contributed by atoms with E-state index in [0.717, 1.165) is 12.8 Å². The minimum absolute atomic E-state index is 0.148. The van der Waals surface area contributed by atoms with E-state index in [9.17, 15) is 9.59 Å². The Morgan fingerprint density at radius 1 is 0.909 bits per heavy atom. The Balaban J connectivity index is 1.81. The molecule has 0 heterocycles. The number of carbonyl (C=O) groups is 2. The summed E-state index contributed by atoms with van der Waals surface area (Å²) in [7, 11) is 0. The van der Waals surface area contributed by atoms with Crippen molar-refractivity contribution in [2.45, 2.75) is 18.9 Å². The average Bonchev–Trinajstić information content (AvgIpc) is 3.32. The van der Waals surface area contributed by atoms with E-state index in [1.54, 1.807) is 42.5 Å². The van der Waals surface area contributed by atoms with Gasteiger partial charge in [-0.1, -0.05) is 24.3 Å². The van der Waals surface area contributed by atoms with Crippen LogP contribution in [0.25, 0.3) is 0 Å². The van der Waals surface area contributed by atoms with Gasteiger partial charge in [0.25, 0.3) is 11.8 Å². The molecule has 0 atom stereocenters. The van der Waals surface area contributed by atoms with Crippen LogP contribution in [0.2, 0.25) is 0 Å². The van der Waals surface area contributed by atoms with Crippen molar-refractivity contribution in [1.29, 1.82) is 0 Å². The number of hydrogen-bond donors (Lipinski definition) is 2. The van der Waals surface area contributed by atoms with Gasteiger partial charge in [0.05, 0.1) is 16.8 Å². The standard InChI is InChI=1S/C17H15BrN2O2/c18-14-7-3-1-5-12(14)16(21)20-15-8-4-2-6-13(15)17(22)19-11-9-10-11/h1-8,11H,9-10H2,(H,19,22)(H,20,21). The SMILES string of the molecule is O=C(Nc1ccccc1C(=O)NC1CC1)c1ccccc1Br. The number of carbonyl (C=O) groups excluding carboxylic acids is 2. The van der Waals surface area contributed by atoms with E-state index >= 15 is 0 Å². The average molecular weight is 359 g/mol. The minimum Gasteiger partial charge on any atom is -0.349 e. The van der Waals surface area contributed by atoms with Crippen molar-refractivity contribution in [3.05, 3.63) is 64.1 Å². The topological polar surface area (TPSA) is 58.2 Å². The van der Waals surface area contributed by atoms with E-state index in [0.29, 0.717) is 21.3 Å². The summed E-state index contributed by atoms with van der Waals surface area (Å²) in [5, 5.41) is 5.75. The fraction of sp³-hybridized carbons (Fsp3) is 0.176. The molecule has 0 aliphatic heterocycles. The van der Waals surface area contributed by atoms with Crippen molar-refractivity contribution >= 4 is 33.4 Å². The zero-order valence-electron chi connectivity index (χ0n) is 11.8. The Kier molecular flexibility index (Phi) is 4.24. The molecule has 1 saturated carbocycles. The Morgan fingerprint density at radius 3 is 2.23 bits per heavy atom. The molecule has 5 heteroatoms. The Bertz CT molecular complexity index is 726. The number of amides is 2. The molecule has 2 aromatic rings. The lowest BCUT2D eigenvalue weighted by Crippen LogP contribution is -2.27. The molecule has 0 unspecified atom stereocenters. The summed E-state index contributed by atoms with van der Waals surface area (Å²) in [5.41, 5.74) is 1.52. The fourth-order valence-corrected chi connectivity index (χ4v) is 2.58. The molecular formula is C17H15BrN2O2. The molecule has 2 amide bonds. The smallest absolute Gasteiger partial charge is 0.256 e. The van der Waals surface area contributed by atoms with Crippen LogP contribution in [0.3, 0.4) is 0 Å². The Labute approximate surface area is 137 Å². The normalized spacial score (nSPS) is 13.5. The number of para-hydroxylation sites is 1. The van der Waals surface area contributed by atoms with Gasteiger partial charge in [0, 0.05) is 10.5 Å². The molecule has 112 valence electrons. The number of benzene rings is 2. The molecule has 22 heavy (non-hydrogen) atoms. The van der Waals surface area contributed by atoms with Crippen molar-refractivity contribution in [2.75, 3.05) is 5.32 Å². The van der Waals surface area contributed by atoms with Crippen LogP contribution in [-0.2, 0) is 0 Å². The molecule has 4 nitrogen and oxygen atoms in total. The third-order valence-electron chi connectivity index (χ3n) is 3.45. The summed E-state index contributed by atoms with van der Waals surface area (Å²) in [6, 6.07) is 14.5. The molecule has 3 rings (SSSR count). The minimum atomic E-state index is -0.251. The van der Waals surface area contributed by atoms with Crippen molar-refractivity contribution < 1.29 is 9.59 Å². The largest absolute Gasteiger partial charge is 0.349 e.